The van der Waals surface area contributed by atoms with E-state index in [0.717, 1.165) is 13.2 Å². The van der Waals surface area contributed by atoms with E-state index in [1.54, 1.807) is 0 Å². The Labute approximate surface area is 123 Å². The van der Waals surface area contributed by atoms with Crippen LogP contribution in [0.15, 0.2) is 0 Å². The van der Waals surface area contributed by atoms with E-state index < -0.39 is 0 Å². The van der Waals surface area contributed by atoms with Crippen LogP contribution in [0.4, 0.5) is 0 Å². The summed E-state index contributed by atoms with van der Waals surface area (Å²) in [4.78, 5) is 5.43. The quantitative estimate of drug-likeness (QED) is 0.847. The summed E-state index contributed by atoms with van der Waals surface area (Å²) in [6, 6.07) is 0.713. The van der Waals surface area contributed by atoms with Gasteiger partial charge in [-0.1, -0.05) is 6.42 Å². The summed E-state index contributed by atoms with van der Waals surface area (Å²) < 4.78 is 5.80. The molecule has 4 nitrogen and oxygen atoms in total. The van der Waals surface area contributed by atoms with E-state index in [-0.39, 0.29) is 5.54 Å². The second-order valence-electron chi connectivity index (χ2n) is 6.75. The largest absolute Gasteiger partial charge is 0.378 e. The normalized spacial score (nSPS) is 37.2. The third kappa shape index (κ3) is 2.52. The SMILES string of the molecule is CCOC1CCN(C2(CN)CCN3CCCCC32)CC1. The molecule has 0 spiro atoms. The first-order valence-electron chi connectivity index (χ1n) is 8.61. The smallest absolute Gasteiger partial charge is 0.0599 e. The molecule has 3 saturated heterocycles. The summed E-state index contributed by atoms with van der Waals surface area (Å²) in [6.07, 6.45) is 8.23. The zero-order chi connectivity index (χ0) is 14.0. The summed E-state index contributed by atoms with van der Waals surface area (Å²) in [5.74, 6) is 0. The van der Waals surface area contributed by atoms with Crippen LogP contribution in [0.25, 0.3) is 0 Å². The number of likely N-dealkylation sites (tertiary alicyclic amines) is 1. The molecule has 0 amide bonds. The van der Waals surface area contributed by atoms with Gasteiger partial charge in [-0.25, -0.2) is 0 Å². The Bertz CT molecular complexity index is 317. The molecule has 116 valence electrons. The monoisotopic (exact) mass is 281 g/mol. The lowest BCUT2D eigenvalue weighted by molar-refractivity contribution is -0.0323. The maximum atomic E-state index is 6.30. The molecule has 20 heavy (non-hydrogen) atoms. The molecule has 2 atom stereocenters. The van der Waals surface area contributed by atoms with Crippen molar-refractivity contribution in [1.82, 2.24) is 9.80 Å². The van der Waals surface area contributed by atoms with Crippen LogP contribution in [-0.2, 0) is 4.74 Å². The molecular weight excluding hydrogens is 250 g/mol. The molecule has 3 heterocycles. The fourth-order valence-electron chi connectivity index (χ4n) is 4.81. The van der Waals surface area contributed by atoms with E-state index >= 15 is 0 Å². The van der Waals surface area contributed by atoms with Crippen molar-refractivity contribution < 1.29 is 4.74 Å². The number of fused-ring (bicyclic) bond motifs is 1. The molecule has 3 aliphatic rings. The predicted octanol–water partition coefficient (Wildman–Crippen LogP) is 1.44. The van der Waals surface area contributed by atoms with Gasteiger partial charge in [0, 0.05) is 44.4 Å². The second-order valence-corrected chi connectivity index (χ2v) is 6.75. The van der Waals surface area contributed by atoms with Crippen molar-refractivity contribution in [3.8, 4) is 0 Å². The van der Waals surface area contributed by atoms with Crippen molar-refractivity contribution in [2.24, 2.45) is 5.73 Å². The van der Waals surface area contributed by atoms with Gasteiger partial charge in [-0.05, 0) is 45.6 Å². The molecule has 0 aromatic heterocycles. The first kappa shape index (κ1) is 14.8. The van der Waals surface area contributed by atoms with Crippen molar-refractivity contribution >= 4 is 0 Å². The Morgan fingerprint density at radius 2 is 1.90 bits per heavy atom. The van der Waals surface area contributed by atoms with Crippen LogP contribution in [-0.4, -0.2) is 66.8 Å². The number of hydrogen-bond acceptors (Lipinski definition) is 4. The van der Waals surface area contributed by atoms with E-state index in [1.165, 1.54) is 64.7 Å². The van der Waals surface area contributed by atoms with Crippen LogP contribution in [0.1, 0.15) is 45.4 Å². The Balaban J connectivity index is 1.67. The highest BCUT2D eigenvalue weighted by atomic mass is 16.5. The summed E-state index contributed by atoms with van der Waals surface area (Å²) in [6.45, 7) is 8.68. The van der Waals surface area contributed by atoms with Crippen LogP contribution in [0, 0.1) is 0 Å². The molecule has 0 bridgehead atoms. The maximum Gasteiger partial charge on any atom is 0.0599 e. The van der Waals surface area contributed by atoms with Crippen LogP contribution >= 0.6 is 0 Å². The molecule has 0 saturated carbocycles. The van der Waals surface area contributed by atoms with Gasteiger partial charge < -0.3 is 10.5 Å². The highest BCUT2D eigenvalue weighted by molar-refractivity contribution is 5.09. The number of hydrogen-bond donors (Lipinski definition) is 1. The Morgan fingerprint density at radius 3 is 2.60 bits per heavy atom. The van der Waals surface area contributed by atoms with Crippen molar-refractivity contribution in [2.75, 3.05) is 39.3 Å². The average Bonchev–Trinajstić information content (AvgIpc) is 2.88. The minimum atomic E-state index is 0.262. The lowest BCUT2D eigenvalue weighted by Gasteiger charge is -2.49. The van der Waals surface area contributed by atoms with Crippen molar-refractivity contribution in [2.45, 2.75) is 63.1 Å². The van der Waals surface area contributed by atoms with E-state index in [2.05, 4.69) is 16.7 Å². The zero-order valence-corrected chi connectivity index (χ0v) is 13.0. The first-order chi connectivity index (χ1) is 9.80. The predicted molar refractivity (Wildman–Crippen MR) is 81.8 cm³/mol. The molecule has 2 unspecified atom stereocenters. The van der Waals surface area contributed by atoms with Crippen molar-refractivity contribution in [3.63, 3.8) is 0 Å². The number of piperidine rings is 2. The van der Waals surface area contributed by atoms with Crippen molar-refractivity contribution in [3.05, 3.63) is 0 Å². The molecule has 0 aromatic carbocycles. The third-order valence-corrected chi connectivity index (χ3v) is 5.89. The number of rotatable bonds is 4. The molecule has 0 aliphatic carbocycles. The molecule has 3 rings (SSSR count). The van der Waals surface area contributed by atoms with Gasteiger partial charge in [0.25, 0.3) is 0 Å². The highest BCUT2D eigenvalue weighted by Gasteiger charge is 2.50. The van der Waals surface area contributed by atoms with E-state index in [4.69, 9.17) is 10.5 Å². The Kier molecular flexibility index (Phi) is 4.65. The number of ether oxygens (including phenoxy) is 1. The lowest BCUT2D eigenvalue weighted by atomic mass is 9.82. The summed E-state index contributed by atoms with van der Waals surface area (Å²) in [7, 11) is 0. The lowest BCUT2D eigenvalue weighted by Crippen LogP contribution is -2.63. The van der Waals surface area contributed by atoms with E-state index in [9.17, 15) is 0 Å². The molecule has 2 N–H and O–H groups in total. The topological polar surface area (TPSA) is 41.7 Å². The molecular formula is C16H31N3O. The van der Waals surface area contributed by atoms with Gasteiger partial charge in [-0.15, -0.1) is 0 Å². The molecule has 0 aromatic rings. The maximum absolute atomic E-state index is 6.30. The van der Waals surface area contributed by atoms with Gasteiger partial charge >= 0.3 is 0 Å². The Hall–Kier alpha value is -0.160. The van der Waals surface area contributed by atoms with Crippen LogP contribution in [0.5, 0.6) is 0 Å². The van der Waals surface area contributed by atoms with Gasteiger partial charge in [0.1, 0.15) is 0 Å². The van der Waals surface area contributed by atoms with Crippen LogP contribution < -0.4 is 5.73 Å². The third-order valence-electron chi connectivity index (χ3n) is 5.89. The molecule has 3 aliphatic heterocycles. The van der Waals surface area contributed by atoms with E-state index in [0.29, 0.717) is 12.1 Å². The molecule has 0 radical (unpaired) electrons. The van der Waals surface area contributed by atoms with Gasteiger partial charge in [0.05, 0.1) is 6.10 Å². The average molecular weight is 281 g/mol. The molecule has 4 heteroatoms. The van der Waals surface area contributed by atoms with Gasteiger partial charge in [0.2, 0.25) is 0 Å². The highest BCUT2D eigenvalue weighted by Crippen LogP contribution is 2.40. The van der Waals surface area contributed by atoms with Gasteiger partial charge in [-0.3, -0.25) is 9.80 Å². The summed E-state index contributed by atoms with van der Waals surface area (Å²) in [5, 5.41) is 0. The van der Waals surface area contributed by atoms with Crippen molar-refractivity contribution in [1.29, 1.82) is 0 Å². The van der Waals surface area contributed by atoms with E-state index in [1.807, 2.05) is 0 Å². The van der Waals surface area contributed by atoms with Crippen LogP contribution in [0.3, 0.4) is 0 Å². The summed E-state index contributed by atoms with van der Waals surface area (Å²) >= 11 is 0. The fraction of sp³-hybridized carbons (Fsp3) is 1.00. The van der Waals surface area contributed by atoms with Gasteiger partial charge in [0.15, 0.2) is 0 Å². The summed E-state index contributed by atoms with van der Waals surface area (Å²) in [5.41, 5.74) is 6.56. The zero-order valence-electron chi connectivity index (χ0n) is 13.0. The van der Waals surface area contributed by atoms with Gasteiger partial charge in [-0.2, -0.15) is 0 Å². The Morgan fingerprint density at radius 1 is 1.10 bits per heavy atom. The second kappa shape index (κ2) is 6.30. The first-order valence-corrected chi connectivity index (χ1v) is 8.61. The number of nitrogens with two attached hydrogens (primary N) is 1. The standard InChI is InChI=1S/C16H31N3O/c1-2-20-14-6-10-19(11-7-14)16(13-17)8-12-18-9-4-3-5-15(16)18/h14-15H,2-13,17H2,1H3. The minimum absolute atomic E-state index is 0.262. The minimum Gasteiger partial charge on any atom is -0.378 e. The fourth-order valence-corrected chi connectivity index (χ4v) is 4.81. The van der Waals surface area contributed by atoms with Crippen LogP contribution in [0.2, 0.25) is 0 Å². The molecule has 3 fully saturated rings. The number of nitrogens with zero attached hydrogens (tertiary/aromatic N) is 2.